The molecule has 8 heteroatoms. The molecule has 1 aromatic rings. The number of piperazine rings is 1. The molecule has 1 saturated carbocycles. The van der Waals surface area contributed by atoms with E-state index in [1.165, 1.54) is 12.1 Å². The Morgan fingerprint density at radius 2 is 1.79 bits per heavy atom. The monoisotopic (exact) mass is 411 g/mol. The standard InChI is InChI=1S/C21H28F3N3O2/c1-2-25-19(28)18(15-6-3-4-7-15)26-10-12-27(13-11-26)20(29)16-8-5-9-17(14-16)21(22,23)24/h5,8-9,14-15,18H,2-4,6-7,10-13H2,1H3,(H,25,28). The lowest BCUT2D eigenvalue weighted by Crippen LogP contribution is -2.58. The minimum Gasteiger partial charge on any atom is -0.355 e. The van der Waals surface area contributed by atoms with Gasteiger partial charge in [0, 0.05) is 38.3 Å². The summed E-state index contributed by atoms with van der Waals surface area (Å²) in [4.78, 5) is 29.1. The molecule has 0 bridgehead atoms. The molecule has 0 spiro atoms. The van der Waals surface area contributed by atoms with Gasteiger partial charge < -0.3 is 10.2 Å². The maximum atomic E-state index is 12.9. The van der Waals surface area contributed by atoms with Gasteiger partial charge >= 0.3 is 6.18 Å². The second-order valence-corrected chi connectivity index (χ2v) is 7.79. The minimum absolute atomic E-state index is 0.0389. The van der Waals surface area contributed by atoms with Gasteiger partial charge in [0.25, 0.3) is 5.91 Å². The fourth-order valence-corrected chi connectivity index (χ4v) is 4.44. The van der Waals surface area contributed by atoms with Crippen LogP contribution in [0.15, 0.2) is 24.3 Å². The predicted octanol–water partition coefficient (Wildman–Crippen LogP) is 3.16. The van der Waals surface area contributed by atoms with Crippen LogP contribution in [0.3, 0.4) is 0 Å². The number of likely N-dealkylation sites (N-methyl/N-ethyl adjacent to an activating group) is 1. The van der Waals surface area contributed by atoms with Crippen molar-refractivity contribution in [3.8, 4) is 0 Å². The van der Waals surface area contributed by atoms with E-state index in [1.807, 2.05) is 6.92 Å². The highest BCUT2D eigenvalue weighted by Gasteiger charge is 2.37. The average Bonchev–Trinajstić information content (AvgIpc) is 3.22. The van der Waals surface area contributed by atoms with Crippen molar-refractivity contribution < 1.29 is 22.8 Å². The third-order valence-electron chi connectivity index (χ3n) is 5.90. The summed E-state index contributed by atoms with van der Waals surface area (Å²) >= 11 is 0. The molecule has 1 aliphatic heterocycles. The number of hydrogen-bond acceptors (Lipinski definition) is 3. The van der Waals surface area contributed by atoms with Crippen LogP contribution in [0.25, 0.3) is 0 Å². The molecular formula is C21H28F3N3O2. The second kappa shape index (κ2) is 9.15. The minimum atomic E-state index is -4.48. The molecule has 1 saturated heterocycles. The third kappa shape index (κ3) is 5.10. The number of carbonyl (C=O) groups excluding carboxylic acids is 2. The molecule has 1 N–H and O–H groups in total. The molecule has 2 aliphatic rings. The number of alkyl halides is 3. The lowest BCUT2D eigenvalue weighted by molar-refractivity contribution is -0.137. The van der Waals surface area contributed by atoms with E-state index in [1.54, 1.807) is 4.90 Å². The van der Waals surface area contributed by atoms with E-state index in [0.29, 0.717) is 38.6 Å². The van der Waals surface area contributed by atoms with E-state index in [4.69, 9.17) is 0 Å². The highest BCUT2D eigenvalue weighted by molar-refractivity contribution is 5.94. The molecule has 29 heavy (non-hydrogen) atoms. The molecule has 1 aromatic carbocycles. The fourth-order valence-electron chi connectivity index (χ4n) is 4.44. The van der Waals surface area contributed by atoms with Crippen molar-refractivity contribution >= 4 is 11.8 Å². The first-order valence-corrected chi connectivity index (χ1v) is 10.3. The van der Waals surface area contributed by atoms with Crippen molar-refractivity contribution in [3.05, 3.63) is 35.4 Å². The zero-order valence-electron chi connectivity index (χ0n) is 16.7. The zero-order valence-corrected chi connectivity index (χ0v) is 16.7. The Labute approximate surface area is 169 Å². The Balaban J connectivity index is 1.66. The number of carbonyl (C=O) groups is 2. The van der Waals surface area contributed by atoms with Gasteiger partial charge in [-0.3, -0.25) is 14.5 Å². The Morgan fingerprint density at radius 3 is 2.38 bits per heavy atom. The summed E-state index contributed by atoms with van der Waals surface area (Å²) in [5, 5.41) is 2.93. The molecule has 3 rings (SSSR count). The fraction of sp³-hybridized carbons (Fsp3) is 0.619. The number of nitrogens with one attached hydrogen (secondary N) is 1. The molecule has 2 fully saturated rings. The highest BCUT2D eigenvalue weighted by Crippen LogP contribution is 2.32. The van der Waals surface area contributed by atoms with Gasteiger partial charge in [-0.15, -0.1) is 0 Å². The summed E-state index contributed by atoms with van der Waals surface area (Å²) in [6, 6.07) is 4.36. The molecule has 0 aromatic heterocycles. The van der Waals surface area contributed by atoms with E-state index in [2.05, 4.69) is 10.2 Å². The van der Waals surface area contributed by atoms with Crippen LogP contribution in [0.1, 0.15) is 48.5 Å². The van der Waals surface area contributed by atoms with Gasteiger partial charge in [-0.25, -0.2) is 0 Å². The molecule has 160 valence electrons. The predicted molar refractivity (Wildman–Crippen MR) is 103 cm³/mol. The molecule has 1 unspecified atom stereocenters. The SMILES string of the molecule is CCNC(=O)C(C1CCCC1)N1CCN(C(=O)c2cccc(C(F)(F)F)c2)CC1. The van der Waals surface area contributed by atoms with Gasteiger partial charge in [0.2, 0.25) is 5.91 Å². The zero-order chi connectivity index (χ0) is 21.0. The lowest BCUT2D eigenvalue weighted by atomic mass is 9.95. The lowest BCUT2D eigenvalue weighted by Gasteiger charge is -2.40. The van der Waals surface area contributed by atoms with Crippen molar-refractivity contribution in [2.24, 2.45) is 5.92 Å². The number of nitrogens with zero attached hydrogens (tertiary/aromatic N) is 2. The van der Waals surface area contributed by atoms with Crippen LogP contribution >= 0.6 is 0 Å². The van der Waals surface area contributed by atoms with Crippen molar-refractivity contribution in [2.45, 2.75) is 44.8 Å². The van der Waals surface area contributed by atoms with Crippen LogP contribution in [0, 0.1) is 5.92 Å². The normalized spacial score (nSPS) is 19.9. The Hall–Kier alpha value is -2.09. The summed E-state index contributed by atoms with van der Waals surface area (Å²) in [6.07, 6.45) is -0.143. The molecule has 1 atom stereocenters. The summed E-state index contributed by atoms with van der Waals surface area (Å²) < 4.78 is 38.8. The van der Waals surface area contributed by atoms with Crippen LogP contribution < -0.4 is 5.32 Å². The van der Waals surface area contributed by atoms with Crippen LogP contribution in [0.4, 0.5) is 13.2 Å². The van der Waals surface area contributed by atoms with E-state index in [-0.39, 0.29) is 17.5 Å². The second-order valence-electron chi connectivity index (χ2n) is 7.79. The number of halogens is 3. The molecule has 1 heterocycles. The molecular weight excluding hydrogens is 383 g/mol. The summed E-state index contributed by atoms with van der Waals surface area (Å²) in [6.45, 7) is 4.37. The molecule has 0 radical (unpaired) electrons. The third-order valence-corrected chi connectivity index (χ3v) is 5.90. The smallest absolute Gasteiger partial charge is 0.355 e. The quantitative estimate of drug-likeness (QED) is 0.810. The molecule has 5 nitrogen and oxygen atoms in total. The van der Waals surface area contributed by atoms with Crippen LogP contribution in [0.5, 0.6) is 0 Å². The summed E-state index contributed by atoms with van der Waals surface area (Å²) in [7, 11) is 0. The topological polar surface area (TPSA) is 52.7 Å². The maximum Gasteiger partial charge on any atom is 0.416 e. The first-order valence-electron chi connectivity index (χ1n) is 10.3. The van der Waals surface area contributed by atoms with Crippen molar-refractivity contribution in [1.82, 2.24) is 15.1 Å². The van der Waals surface area contributed by atoms with Crippen LogP contribution in [-0.2, 0) is 11.0 Å². The first-order chi connectivity index (χ1) is 13.8. The number of amides is 2. The van der Waals surface area contributed by atoms with E-state index < -0.39 is 17.6 Å². The highest BCUT2D eigenvalue weighted by atomic mass is 19.4. The first kappa shape index (κ1) is 21.6. The maximum absolute atomic E-state index is 12.9. The van der Waals surface area contributed by atoms with Gasteiger partial charge in [0.05, 0.1) is 11.6 Å². The van der Waals surface area contributed by atoms with Gasteiger partial charge in [-0.2, -0.15) is 13.2 Å². The van der Waals surface area contributed by atoms with Crippen molar-refractivity contribution in [1.29, 1.82) is 0 Å². The number of benzene rings is 1. The van der Waals surface area contributed by atoms with E-state index in [9.17, 15) is 22.8 Å². The number of hydrogen-bond donors (Lipinski definition) is 1. The van der Waals surface area contributed by atoms with Crippen molar-refractivity contribution in [2.75, 3.05) is 32.7 Å². The molecule has 1 aliphatic carbocycles. The number of rotatable bonds is 5. The van der Waals surface area contributed by atoms with Crippen molar-refractivity contribution in [3.63, 3.8) is 0 Å². The summed E-state index contributed by atoms with van der Waals surface area (Å²) in [5.74, 6) is -0.0319. The molecule has 2 amide bonds. The summed E-state index contributed by atoms with van der Waals surface area (Å²) in [5.41, 5.74) is -0.774. The van der Waals surface area contributed by atoms with Gasteiger partial charge in [0.1, 0.15) is 0 Å². The van der Waals surface area contributed by atoms with Gasteiger partial charge in [-0.05, 0) is 43.9 Å². The average molecular weight is 411 g/mol. The Bertz CT molecular complexity index is 724. The Kier molecular flexibility index (Phi) is 6.82. The van der Waals surface area contributed by atoms with Crippen LogP contribution in [-0.4, -0.2) is 60.4 Å². The van der Waals surface area contributed by atoms with Gasteiger partial charge in [-0.1, -0.05) is 18.9 Å². The van der Waals surface area contributed by atoms with Crippen LogP contribution in [0.2, 0.25) is 0 Å². The van der Waals surface area contributed by atoms with E-state index >= 15 is 0 Å². The van der Waals surface area contributed by atoms with E-state index in [0.717, 1.165) is 37.8 Å². The Morgan fingerprint density at radius 1 is 1.14 bits per heavy atom. The largest absolute Gasteiger partial charge is 0.416 e. The van der Waals surface area contributed by atoms with Gasteiger partial charge in [0.15, 0.2) is 0 Å².